The molecule has 0 atom stereocenters. The fraction of sp³-hybridized carbons (Fsp3) is 0.368. The van der Waals surface area contributed by atoms with Gasteiger partial charge in [0.1, 0.15) is 0 Å². The Morgan fingerprint density at radius 2 is 2.15 bits per heavy atom. The molecule has 1 N–H and O–H groups in total. The van der Waals surface area contributed by atoms with E-state index >= 15 is 0 Å². The molecule has 134 valence electrons. The van der Waals surface area contributed by atoms with Crippen molar-refractivity contribution in [2.45, 2.75) is 31.7 Å². The van der Waals surface area contributed by atoms with Crippen LogP contribution in [-0.4, -0.2) is 39.6 Å². The summed E-state index contributed by atoms with van der Waals surface area (Å²) >= 11 is 0. The molecule has 26 heavy (non-hydrogen) atoms. The van der Waals surface area contributed by atoms with Gasteiger partial charge in [-0.05, 0) is 24.5 Å². The number of rotatable bonds is 6. The fourth-order valence-corrected chi connectivity index (χ4v) is 2.91. The van der Waals surface area contributed by atoms with E-state index in [1.807, 2.05) is 30.3 Å². The van der Waals surface area contributed by atoms with Gasteiger partial charge in [-0.3, -0.25) is 4.98 Å². The van der Waals surface area contributed by atoms with Crippen molar-refractivity contribution < 1.29 is 9.32 Å². The third-order valence-corrected chi connectivity index (χ3v) is 4.51. The third kappa shape index (κ3) is 3.66. The number of amides is 2. The molecular formula is C19H21N5O2. The average molecular weight is 351 g/mol. The molecule has 0 saturated heterocycles. The van der Waals surface area contributed by atoms with Crippen molar-refractivity contribution in [3.63, 3.8) is 0 Å². The zero-order valence-corrected chi connectivity index (χ0v) is 14.7. The van der Waals surface area contributed by atoms with Gasteiger partial charge in [-0.2, -0.15) is 4.98 Å². The first-order chi connectivity index (χ1) is 12.7. The molecule has 2 amide bonds. The highest BCUT2D eigenvalue weighted by molar-refractivity contribution is 5.82. The molecule has 1 saturated carbocycles. The second-order valence-corrected chi connectivity index (χ2v) is 6.65. The highest BCUT2D eigenvalue weighted by atomic mass is 16.5. The highest BCUT2D eigenvalue weighted by Crippen LogP contribution is 2.38. The summed E-state index contributed by atoms with van der Waals surface area (Å²) in [4.78, 5) is 22.8. The summed E-state index contributed by atoms with van der Waals surface area (Å²) in [5.74, 6) is 1.85. The summed E-state index contributed by atoms with van der Waals surface area (Å²) in [6.07, 6.45) is 4.59. The molecule has 0 radical (unpaired) electrons. The predicted molar refractivity (Wildman–Crippen MR) is 96.6 cm³/mol. The van der Waals surface area contributed by atoms with Crippen molar-refractivity contribution in [3.05, 3.63) is 53.8 Å². The molecule has 7 heteroatoms. The van der Waals surface area contributed by atoms with Crippen molar-refractivity contribution in [3.8, 4) is 0 Å². The summed E-state index contributed by atoms with van der Waals surface area (Å²) in [6, 6.07) is 9.79. The molecule has 0 spiro atoms. The van der Waals surface area contributed by atoms with E-state index in [9.17, 15) is 4.79 Å². The fourth-order valence-electron chi connectivity index (χ4n) is 2.91. The van der Waals surface area contributed by atoms with Gasteiger partial charge in [0.15, 0.2) is 5.82 Å². The number of benzene rings is 1. The second-order valence-electron chi connectivity index (χ2n) is 6.65. The Morgan fingerprint density at radius 3 is 3.00 bits per heavy atom. The van der Waals surface area contributed by atoms with E-state index < -0.39 is 0 Å². The van der Waals surface area contributed by atoms with Gasteiger partial charge in [-0.1, -0.05) is 29.4 Å². The molecule has 1 aromatic carbocycles. The molecule has 3 aromatic rings. The zero-order chi connectivity index (χ0) is 17.9. The Hall–Kier alpha value is -2.96. The monoisotopic (exact) mass is 351 g/mol. The van der Waals surface area contributed by atoms with E-state index in [-0.39, 0.29) is 6.03 Å². The smallest absolute Gasteiger partial charge is 0.317 e. The molecule has 4 rings (SSSR count). The lowest BCUT2D eigenvalue weighted by molar-refractivity contribution is 0.207. The first kappa shape index (κ1) is 16.5. The number of carbonyl (C=O) groups is 1. The van der Waals surface area contributed by atoms with Crippen molar-refractivity contribution in [1.82, 2.24) is 25.3 Å². The van der Waals surface area contributed by atoms with Gasteiger partial charge >= 0.3 is 6.03 Å². The molecule has 1 fully saturated rings. The largest absolute Gasteiger partial charge is 0.339 e. The van der Waals surface area contributed by atoms with E-state index in [0.717, 1.165) is 35.1 Å². The van der Waals surface area contributed by atoms with Crippen molar-refractivity contribution in [2.24, 2.45) is 0 Å². The molecule has 1 aliphatic carbocycles. The standard InChI is InChI=1S/C19H21N5O2/c1-24(12-15-5-2-4-13-6-3-10-20-17(13)15)19(25)21-11-9-16-22-18(23-26-16)14-7-8-14/h2-6,10,14H,7-9,11-12H2,1H3,(H,21,25). The average Bonchev–Trinajstić information content (AvgIpc) is 3.41. The lowest BCUT2D eigenvalue weighted by atomic mass is 10.1. The van der Waals surface area contributed by atoms with Gasteiger partial charge < -0.3 is 14.7 Å². The first-order valence-corrected chi connectivity index (χ1v) is 8.85. The van der Waals surface area contributed by atoms with Crippen LogP contribution in [0.25, 0.3) is 10.9 Å². The predicted octanol–water partition coefficient (Wildman–Crippen LogP) is 2.88. The number of hydrogen-bond donors (Lipinski definition) is 1. The Balaban J connectivity index is 1.31. The molecule has 0 aliphatic heterocycles. The minimum Gasteiger partial charge on any atom is -0.339 e. The number of fused-ring (bicyclic) bond motifs is 1. The van der Waals surface area contributed by atoms with Gasteiger partial charge in [-0.15, -0.1) is 0 Å². The Labute approximate surface area is 151 Å². The Kier molecular flexibility index (Phi) is 4.51. The topological polar surface area (TPSA) is 84.2 Å². The molecule has 0 unspecified atom stereocenters. The second kappa shape index (κ2) is 7.11. The number of hydrogen-bond acceptors (Lipinski definition) is 5. The quantitative estimate of drug-likeness (QED) is 0.738. The van der Waals surface area contributed by atoms with Crippen LogP contribution in [0.15, 0.2) is 41.1 Å². The third-order valence-electron chi connectivity index (χ3n) is 4.51. The van der Waals surface area contributed by atoms with Gasteiger partial charge in [0.25, 0.3) is 0 Å². The maximum absolute atomic E-state index is 12.3. The van der Waals surface area contributed by atoms with Gasteiger partial charge in [0, 0.05) is 44.1 Å². The summed E-state index contributed by atoms with van der Waals surface area (Å²) in [7, 11) is 1.77. The molecule has 0 bridgehead atoms. The lowest BCUT2D eigenvalue weighted by Crippen LogP contribution is -2.37. The summed E-state index contributed by atoms with van der Waals surface area (Å²) in [5.41, 5.74) is 1.94. The van der Waals surface area contributed by atoms with Crippen LogP contribution in [0.1, 0.15) is 36.0 Å². The van der Waals surface area contributed by atoms with Crippen molar-refractivity contribution >= 4 is 16.9 Å². The van der Waals surface area contributed by atoms with Crippen LogP contribution < -0.4 is 5.32 Å². The van der Waals surface area contributed by atoms with Gasteiger partial charge in [0.2, 0.25) is 5.89 Å². The summed E-state index contributed by atoms with van der Waals surface area (Å²) in [6.45, 7) is 0.954. The van der Waals surface area contributed by atoms with Crippen LogP contribution in [0, 0.1) is 0 Å². The highest BCUT2D eigenvalue weighted by Gasteiger charge is 2.28. The number of aromatic nitrogens is 3. The summed E-state index contributed by atoms with van der Waals surface area (Å²) < 4.78 is 5.22. The van der Waals surface area contributed by atoms with E-state index in [1.54, 1.807) is 18.1 Å². The maximum Gasteiger partial charge on any atom is 0.317 e. The Bertz CT molecular complexity index is 914. The molecular weight excluding hydrogens is 330 g/mol. The zero-order valence-electron chi connectivity index (χ0n) is 14.7. The van der Waals surface area contributed by atoms with E-state index in [4.69, 9.17) is 4.52 Å². The number of pyridine rings is 1. The normalized spacial score (nSPS) is 13.7. The van der Waals surface area contributed by atoms with E-state index in [1.165, 1.54) is 0 Å². The molecule has 2 aromatic heterocycles. The van der Waals surface area contributed by atoms with Crippen LogP contribution in [-0.2, 0) is 13.0 Å². The van der Waals surface area contributed by atoms with Crippen LogP contribution in [0.3, 0.4) is 0 Å². The van der Waals surface area contributed by atoms with Crippen LogP contribution in [0.5, 0.6) is 0 Å². The molecule has 2 heterocycles. The Morgan fingerprint density at radius 1 is 1.31 bits per heavy atom. The van der Waals surface area contributed by atoms with Crippen LogP contribution in [0.4, 0.5) is 4.79 Å². The minimum absolute atomic E-state index is 0.139. The number of nitrogens with zero attached hydrogens (tertiary/aromatic N) is 4. The van der Waals surface area contributed by atoms with Gasteiger partial charge in [-0.25, -0.2) is 4.79 Å². The van der Waals surface area contributed by atoms with Crippen molar-refractivity contribution in [2.75, 3.05) is 13.6 Å². The minimum atomic E-state index is -0.139. The maximum atomic E-state index is 12.3. The van der Waals surface area contributed by atoms with Crippen molar-refractivity contribution in [1.29, 1.82) is 0 Å². The first-order valence-electron chi connectivity index (χ1n) is 8.85. The number of carbonyl (C=O) groups excluding carboxylic acids is 1. The van der Waals surface area contributed by atoms with Gasteiger partial charge in [0.05, 0.1) is 5.52 Å². The lowest BCUT2D eigenvalue weighted by Gasteiger charge is -2.18. The number of nitrogens with one attached hydrogen (secondary N) is 1. The van der Waals surface area contributed by atoms with E-state index in [0.29, 0.717) is 31.3 Å². The van der Waals surface area contributed by atoms with E-state index in [2.05, 4.69) is 20.4 Å². The molecule has 7 nitrogen and oxygen atoms in total. The molecule has 1 aliphatic rings. The van der Waals surface area contributed by atoms with Crippen LogP contribution >= 0.6 is 0 Å². The summed E-state index contributed by atoms with van der Waals surface area (Å²) in [5, 5.41) is 7.94. The number of urea groups is 1. The number of para-hydroxylation sites is 1. The van der Waals surface area contributed by atoms with Crippen LogP contribution in [0.2, 0.25) is 0 Å². The SMILES string of the molecule is CN(Cc1cccc2cccnc12)C(=O)NCCc1nc(C2CC2)no1.